The Balaban J connectivity index is 1.77. The smallest absolute Gasteiger partial charge is 0.271 e. The van der Waals surface area contributed by atoms with Crippen molar-refractivity contribution in [2.45, 2.75) is 11.3 Å². The van der Waals surface area contributed by atoms with Crippen molar-refractivity contribution in [3.05, 3.63) is 58.6 Å². The van der Waals surface area contributed by atoms with E-state index in [9.17, 15) is 19.7 Å². The molecule has 1 aliphatic heterocycles. The molecule has 1 N–H and O–H groups in total. The van der Waals surface area contributed by atoms with Gasteiger partial charge < -0.3 is 10.2 Å². The second-order valence-electron chi connectivity index (χ2n) is 5.40. The van der Waals surface area contributed by atoms with Crippen LogP contribution in [0.5, 0.6) is 0 Å². The fourth-order valence-corrected chi connectivity index (χ4v) is 3.53. The van der Waals surface area contributed by atoms with Gasteiger partial charge in [-0.2, -0.15) is 0 Å². The third-order valence-corrected chi connectivity index (χ3v) is 4.74. The number of benzene rings is 2. The summed E-state index contributed by atoms with van der Waals surface area (Å²) in [6.45, 7) is -0.140. The Bertz CT molecular complexity index is 840. The minimum Gasteiger partial charge on any atom is -0.324 e. The molecule has 3 rings (SSSR count). The van der Waals surface area contributed by atoms with Gasteiger partial charge in [0.05, 0.1) is 10.6 Å². The zero-order valence-electron chi connectivity index (χ0n) is 13.2. The number of nitrogens with zero attached hydrogens (tertiary/aromatic N) is 2. The Morgan fingerprint density at radius 3 is 2.84 bits per heavy atom. The molecule has 0 radical (unpaired) electrons. The molecule has 0 fully saturated rings. The lowest BCUT2D eigenvalue weighted by molar-refractivity contribution is -0.384. The van der Waals surface area contributed by atoms with E-state index in [0.717, 1.165) is 4.90 Å². The number of nitrogens with one attached hydrogen (secondary N) is 1. The Morgan fingerprint density at radius 2 is 2.04 bits per heavy atom. The fourth-order valence-electron chi connectivity index (χ4n) is 2.53. The van der Waals surface area contributed by atoms with Gasteiger partial charge >= 0.3 is 0 Å². The lowest BCUT2D eigenvalue weighted by atomic mass is 10.2. The van der Waals surface area contributed by atoms with Crippen molar-refractivity contribution in [3.8, 4) is 0 Å². The van der Waals surface area contributed by atoms with E-state index in [1.165, 1.54) is 23.1 Å². The van der Waals surface area contributed by atoms with Crippen LogP contribution < -0.4 is 10.2 Å². The molecule has 0 bridgehead atoms. The second kappa shape index (κ2) is 7.35. The highest BCUT2D eigenvalue weighted by Crippen LogP contribution is 2.33. The van der Waals surface area contributed by atoms with Gasteiger partial charge in [-0.3, -0.25) is 19.7 Å². The van der Waals surface area contributed by atoms with E-state index in [0.29, 0.717) is 23.5 Å². The van der Waals surface area contributed by atoms with Gasteiger partial charge in [-0.15, -0.1) is 11.8 Å². The number of amides is 2. The Morgan fingerprint density at radius 1 is 1.24 bits per heavy atom. The predicted octanol–water partition coefficient (Wildman–Crippen LogP) is 3.06. The number of hydrogen-bond acceptors (Lipinski definition) is 5. The molecule has 0 unspecified atom stereocenters. The molecule has 1 aliphatic rings. The van der Waals surface area contributed by atoms with Crippen molar-refractivity contribution in [2.24, 2.45) is 0 Å². The van der Waals surface area contributed by atoms with Gasteiger partial charge in [-0.25, -0.2) is 0 Å². The molecule has 0 aromatic heterocycles. The summed E-state index contributed by atoms with van der Waals surface area (Å²) < 4.78 is 0. The standard InChI is InChI=1S/C17H15N3O4S/c21-16(18-12-4-3-5-13(10-12)20(23)24)11-19-14-6-1-2-7-15(14)25-9-8-17(19)22/h1-7,10H,8-9,11H2,(H,18,21). The van der Waals surface area contributed by atoms with E-state index in [1.807, 2.05) is 24.3 Å². The van der Waals surface area contributed by atoms with E-state index >= 15 is 0 Å². The maximum Gasteiger partial charge on any atom is 0.271 e. The van der Waals surface area contributed by atoms with E-state index in [4.69, 9.17) is 0 Å². The van der Waals surface area contributed by atoms with Crippen LogP contribution in [0.25, 0.3) is 0 Å². The Hall–Kier alpha value is -2.87. The minimum atomic E-state index is -0.526. The van der Waals surface area contributed by atoms with Crippen molar-refractivity contribution < 1.29 is 14.5 Å². The SMILES string of the molecule is O=C(CN1C(=O)CCSc2ccccc21)Nc1cccc([N+](=O)[O-])c1. The first kappa shape index (κ1) is 17.0. The van der Waals surface area contributed by atoms with E-state index < -0.39 is 10.8 Å². The van der Waals surface area contributed by atoms with Gasteiger partial charge in [-0.05, 0) is 18.2 Å². The summed E-state index contributed by atoms with van der Waals surface area (Å²) >= 11 is 1.58. The minimum absolute atomic E-state index is 0.106. The summed E-state index contributed by atoms with van der Waals surface area (Å²) in [6.07, 6.45) is 0.351. The molecule has 0 spiro atoms. The molecule has 2 aromatic carbocycles. The van der Waals surface area contributed by atoms with Crippen LogP contribution in [-0.2, 0) is 9.59 Å². The van der Waals surface area contributed by atoms with Crippen LogP contribution in [0.1, 0.15) is 6.42 Å². The van der Waals surface area contributed by atoms with Crippen LogP contribution in [0.3, 0.4) is 0 Å². The monoisotopic (exact) mass is 357 g/mol. The third-order valence-electron chi connectivity index (χ3n) is 3.67. The van der Waals surface area contributed by atoms with Gasteiger partial charge in [0, 0.05) is 34.9 Å². The van der Waals surface area contributed by atoms with Gasteiger partial charge in [0.2, 0.25) is 11.8 Å². The number of nitro benzene ring substituents is 1. The number of para-hydroxylation sites is 1. The normalized spacial score (nSPS) is 13.8. The lowest BCUT2D eigenvalue weighted by Gasteiger charge is -2.22. The van der Waals surface area contributed by atoms with Crippen molar-refractivity contribution in [1.29, 1.82) is 0 Å². The number of non-ortho nitro benzene ring substituents is 1. The fraction of sp³-hybridized carbons (Fsp3) is 0.176. The van der Waals surface area contributed by atoms with E-state index in [2.05, 4.69) is 5.32 Å². The highest BCUT2D eigenvalue weighted by atomic mass is 32.2. The van der Waals surface area contributed by atoms with E-state index in [1.54, 1.807) is 17.8 Å². The van der Waals surface area contributed by atoms with Crippen LogP contribution in [0, 0.1) is 10.1 Å². The predicted molar refractivity (Wildman–Crippen MR) is 95.9 cm³/mol. The molecule has 1 heterocycles. The summed E-state index contributed by atoms with van der Waals surface area (Å²) in [7, 11) is 0. The van der Waals surface area contributed by atoms with Crippen molar-refractivity contribution in [1.82, 2.24) is 0 Å². The number of rotatable bonds is 4. The molecular weight excluding hydrogens is 342 g/mol. The zero-order valence-corrected chi connectivity index (χ0v) is 14.0. The summed E-state index contributed by atoms with van der Waals surface area (Å²) in [4.78, 5) is 37.4. The number of fused-ring (bicyclic) bond motifs is 1. The van der Waals surface area contributed by atoms with Gasteiger partial charge in [0.25, 0.3) is 5.69 Å². The van der Waals surface area contributed by atoms with Crippen LogP contribution >= 0.6 is 11.8 Å². The van der Waals surface area contributed by atoms with Crippen molar-refractivity contribution in [2.75, 3.05) is 22.5 Å². The van der Waals surface area contributed by atoms with Gasteiger partial charge in [0.15, 0.2) is 0 Å². The highest BCUT2D eigenvalue weighted by molar-refractivity contribution is 7.99. The summed E-state index contributed by atoms with van der Waals surface area (Å²) in [5.41, 5.74) is 0.929. The summed E-state index contributed by atoms with van der Waals surface area (Å²) in [5, 5.41) is 13.4. The molecule has 25 heavy (non-hydrogen) atoms. The average Bonchev–Trinajstić information content (AvgIpc) is 2.75. The molecule has 0 saturated carbocycles. The quantitative estimate of drug-likeness (QED) is 0.670. The first-order chi connectivity index (χ1) is 12.0. The number of thioether (sulfide) groups is 1. The maximum absolute atomic E-state index is 12.4. The van der Waals surface area contributed by atoms with Crippen molar-refractivity contribution >= 4 is 40.6 Å². The van der Waals surface area contributed by atoms with E-state index in [-0.39, 0.29) is 18.1 Å². The number of hydrogen-bond donors (Lipinski definition) is 1. The topological polar surface area (TPSA) is 92.6 Å². The first-order valence-electron chi connectivity index (χ1n) is 7.61. The molecule has 0 saturated heterocycles. The van der Waals surface area contributed by atoms with Crippen LogP contribution in [-0.4, -0.2) is 29.0 Å². The zero-order chi connectivity index (χ0) is 17.8. The molecule has 128 valence electrons. The third kappa shape index (κ3) is 3.97. The molecule has 2 aromatic rings. The maximum atomic E-state index is 12.4. The molecule has 7 nitrogen and oxygen atoms in total. The molecular formula is C17H15N3O4S. The van der Waals surface area contributed by atoms with Gasteiger partial charge in [0.1, 0.15) is 6.54 Å². The Labute approximate surface area is 148 Å². The largest absolute Gasteiger partial charge is 0.324 e. The lowest BCUT2D eigenvalue weighted by Crippen LogP contribution is -2.37. The molecule has 0 aliphatic carbocycles. The number of nitro groups is 1. The molecule has 0 atom stereocenters. The van der Waals surface area contributed by atoms with Gasteiger partial charge in [-0.1, -0.05) is 18.2 Å². The van der Waals surface area contributed by atoms with Crippen LogP contribution in [0.4, 0.5) is 17.1 Å². The summed E-state index contributed by atoms with van der Waals surface area (Å²) in [5.74, 6) is 0.140. The Kier molecular flexibility index (Phi) is 4.99. The highest BCUT2D eigenvalue weighted by Gasteiger charge is 2.24. The number of anilines is 2. The van der Waals surface area contributed by atoms with Crippen LogP contribution in [0.2, 0.25) is 0 Å². The molecule has 8 heteroatoms. The molecule has 2 amide bonds. The number of carbonyl (C=O) groups is 2. The van der Waals surface area contributed by atoms with Crippen molar-refractivity contribution in [3.63, 3.8) is 0 Å². The average molecular weight is 357 g/mol. The number of carbonyl (C=O) groups excluding carboxylic acids is 2. The first-order valence-corrected chi connectivity index (χ1v) is 8.59. The van der Waals surface area contributed by atoms with Crippen LogP contribution in [0.15, 0.2) is 53.4 Å². The summed E-state index contributed by atoms with van der Waals surface area (Å²) in [6, 6.07) is 13.1. The second-order valence-corrected chi connectivity index (χ2v) is 6.54.